The van der Waals surface area contributed by atoms with Gasteiger partial charge in [-0.15, -0.1) is 0 Å². The maximum atomic E-state index is 13.4. The summed E-state index contributed by atoms with van der Waals surface area (Å²) in [6.07, 6.45) is 8.16. The van der Waals surface area contributed by atoms with Crippen LogP contribution >= 0.6 is 0 Å². The maximum Gasteiger partial charge on any atom is 0.123 e. The van der Waals surface area contributed by atoms with Gasteiger partial charge in [0.15, 0.2) is 0 Å². The van der Waals surface area contributed by atoms with Gasteiger partial charge in [0.1, 0.15) is 11.6 Å². The van der Waals surface area contributed by atoms with E-state index in [0.29, 0.717) is 25.6 Å². The number of nitrogens with zero attached hydrogens (tertiary/aromatic N) is 1. The lowest BCUT2D eigenvalue weighted by Gasteiger charge is -2.10. The molecule has 1 aliphatic rings. The predicted molar refractivity (Wildman–Crippen MR) is 115 cm³/mol. The van der Waals surface area contributed by atoms with Gasteiger partial charge >= 0.3 is 0 Å². The molecule has 6 heteroatoms. The fourth-order valence-electron chi connectivity index (χ4n) is 3.04. The summed E-state index contributed by atoms with van der Waals surface area (Å²) in [4.78, 5) is 4.30. The van der Waals surface area contributed by atoms with E-state index in [2.05, 4.69) is 29.3 Å². The molecule has 5 nitrogen and oxygen atoms in total. The van der Waals surface area contributed by atoms with Crippen molar-refractivity contribution in [1.29, 1.82) is 0 Å². The van der Waals surface area contributed by atoms with Gasteiger partial charge in [-0.1, -0.05) is 25.6 Å². The number of hydrogen-bond donors (Lipinski definition) is 3. The molecule has 29 heavy (non-hydrogen) atoms. The molecule has 158 valence electrons. The van der Waals surface area contributed by atoms with Crippen molar-refractivity contribution in [3.63, 3.8) is 0 Å². The van der Waals surface area contributed by atoms with Crippen molar-refractivity contribution in [2.45, 2.75) is 46.0 Å². The SMILES string of the molecule is C=C(/N=C\C(=C/C)C(NO)=C1CC1)NCCOCCCc1cc(F)ccc1CC. The molecular weight excluding hydrogens is 369 g/mol. The largest absolute Gasteiger partial charge is 0.380 e. The molecule has 2 rings (SSSR count). The van der Waals surface area contributed by atoms with Gasteiger partial charge in [0.2, 0.25) is 0 Å². The summed E-state index contributed by atoms with van der Waals surface area (Å²) in [5, 5.41) is 12.4. The molecule has 1 fully saturated rings. The Morgan fingerprint density at radius 1 is 1.31 bits per heavy atom. The van der Waals surface area contributed by atoms with E-state index in [1.54, 1.807) is 12.3 Å². The van der Waals surface area contributed by atoms with Crippen molar-refractivity contribution in [3.05, 3.63) is 70.5 Å². The van der Waals surface area contributed by atoms with E-state index >= 15 is 0 Å². The van der Waals surface area contributed by atoms with Gasteiger partial charge in [-0.25, -0.2) is 9.38 Å². The van der Waals surface area contributed by atoms with E-state index in [-0.39, 0.29) is 5.82 Å². The Labute approximate surface area is 173 Å². The van der Waals surface area contributed by atoms with Crippen LogP contribution in [0.2, 0.25) is 0 Å². The summed E-state index contributed by atoms with van der Waals surface area (Å²) in [7, 11) is 0. The average Bonchev–Trinajstić information content (AvgIpc) is 3.55. The van der Waals surface area contributed by atoms with Crippen molar-refractivity contribution in [1.82, 2.24) is 10.8 Å². The van der Waals surface area contributed by atoms with Crippen molar-refractivity contribution in [3.8, 4) is 0 Å². The van der Waals surface area contributed by atoms with Crippen LogP contribution in [0.15, 0.2) is 58.5 Å². The molecule has 0 radical (unpaired) electrons. The number of benzene rings is 1. The lowest BCUT2D eigenvalue weighted by molar-refractivity contribution is 0.135. The molecule has 0 amide bonds. The van der Waals surface area contributed by atoms with Gasteiger partial charge in [-0.3, -0.25) is 10.7 Å². The van der Waals surface area contributed by atoms with Gasteiger partial charge in [-0.2, -0.15) is 0 Å². The van der Waals surface area contributed by atoms with Crippen molar-refractivity contribution < 1.29 is 14.3 Å². The number of aliphatic imine (C=N–C) groups is 1. The average molecular weight is 402 g/mol. The second-order valence-corrected chi connectivity index (χ2v) is 6.95. The number of hydroxylamine groups is 1. The standard InChI is InChI=1S/C23H32FN3O2/c1-4-18-10-11-22(24)15-21(18)7-6-13-29-14-12-25-17(3)26-16-19(5-2)23(27-28)20-8-9-20/h5,10-11,15-16,25,27-28H,3-4,6-9,12-14H2,1-2H3/b19-5+,26-16-. The van der Waals surface area contributed by atoms with Crippen LogP contribution in [0.25, 0.3) is 0 Å². The topological polar surface area (TPSA) is 65.9 Å². The number of ether oxygens (including phenoxy) is 1. The van der Waals surface area contributed by atoms with E-state index in [1.165, 1.54) is 17.2 Å². The fraction of sp³-hybridized carbons (Fsp3) is 0.435. The second kappa shape index (κ2) is 12.2. The zero-order valence-corrected chi connectivity index (χ0v) is 17.4. The minimum Gasteiger partial charge on any atom is -0.380 e. The molecule has 0 spiro atoms. The Kier molecular flexibility index (Phi) is 9.60. The highest BCUT2D eigenvalue weighted by Crippen LogP contribution is 2.32. The molecule has 1 aliphatic carbocycles. The summed E-state index contributed by atoms with van der Waals surface area (Å²) in [6, 6.07) is 5.00. The van der Waals surface area contributed by atoms with Crippen LogP contribution in [-0.4, -0.2) is 31.2 Å². The van der Waals surface area contributed by atoms with Gasteiger partial charge < -0.3 is 10.1 Å². The first-order valence-electron chi connectivity index (χ1n) is 10.2. The number of allylic oxidation sites excluding steroid dienone is 3. The summed E-state index contributed by atoms with van der Waals surface area (Å²) >= 11 is 0. The molecule has 0 heterocycles. The highest BCUT2D eigenvalue weighted by Gasteiger charge is 2.19. The molecule has 1 saturated carbocycles. The molecule has 0 aliphatic heterocycles. The van der Waals surface area contributed by atoms with Crippen LogP contribution in [-0.2, 0) is 17.6 Å². The monoisotopic (exact) mass is 401 g/mol. The van der Waals surface area contributed by atoms with Crippen LogP contribution in [0.5, 0.6) is 0 Å². The molecule has 0 saturated heterocycles. The number of rotatable bonds is 13. The number of hydrogen-bond acceptors (Lipinski definition) is 5. The van der Waals surface area contributed by atoms with Crippen molar-refractivity contribution in [2.75, 3.05) is 19.8 Å². The summed E-state index contributed by atoms with van der Waals surface area (Å²) in [6.45, 7) is 9.64. The van der Waals surface area contributed by atoms with E-state index in [9.17, 15) is 9.60 Å². The lowest BCUT2D eigenvalue weighted by atomic mass is 10.0. The zero-order valence-electron chi connectivity index (χ0n) is 17.4. The first kappa shape index (κ1) is 22.8. The van der Waals surface area contributed by atoms with Crippen LogP contribution in [0.3, 0.4) is 0 Å². The molecular formula is C23H32FN3O2. The van der Waals surface area contributed by atoms with E-state index in [4.69, 9.17) is 4.74 Å². The van der Waals surface area contributed by atoms with Gasteiger partial charge in [0.05, 0.1) is 12.3 Å². The zero-order chi connectivity index (χ0) is 21.1. The lowest BCUT2D eigenvalue weighted by Crippen LogP contribution is -2.18. The highest BCUT2D eigenvalue weighted by atomic mass is 19.1. The summed E-state index contributed by atoms with van der Waals surface area (Å²) in [5.41, 5.74) is 7.29. The molecule has 0 unspecified atom stereocenters. The highest BCUT2D eigenvalue weighted by molar-refractivity contribution is 5.85. The normalized spacial score (nSPS) is 13.7. The maximum absolute atomic E-state index is 13.4. The van der Waals surface area contributed by atoms with Crippen LogP contribution < -0.4 is 10.8 Å². The van der Waals surface area contributed by atoms with E-state index < -0.39 is 0 Å². The third-order valence-electron chi connectivity index (χ3n) is 4.78. The van der Waals surface area contributed by atoms with Crippen LogP contribution in [0, 0.1) is 5.82 Å². The molecule has 3 N–H and O–H groups in total. The summed E-state index contributed by atoms with van der Waals surface area (Å²) < 4.78 is 19.0. The molecule has 0 atom stereocenters. The van der Waals surface area contributed by atoms with Crippen molar-refractivity contribution >= 4 is 6.21 Å². The molecule has 1 aromatic rings. The Hall–Kier alpha value is -2.44. The molecule has 1 aromatic carbocycles. The van der Waals surface area contributed by atoms with E-state index in [0.717, 1.165) is 48.9 Å². The van der Waals surface area contributed by atoms with Crippen LogP contribution in [0.4, 0.5) is 4.39 Å². The quantitative estimate of drug-likeness (QED) is 0.260. The van der Waals surface area contributed by atoms with Crippen LogP contribution in [0.1, 0.15) is 44.2 Å². The minimum atomic E-state index is -0.183. The Morgan fingerprint density at radius 2 is 2.10 bits per heavy atom. The number of halogens is 1. The van der Waals surface area contributed by atoms with Gasteiger partial charge in [0, 0.05) is 24.9 Å². The first-order valence-corrected chi connectivity index (χ1v) is 10.2. The molecule has 0 bridgehead atoms. The number of aryl methyl sites for hydroxylation is 2. The van der Waals surface area contributed by atoms with Gasteiger partial charge in [-0.05, 0) is 67.9 Å². The first-order chi connectivity index (χ1) is 14.1. The molecule has 0 aromatic heterocycles. The predicted octanol–water partition coefficient (Wildman–Crippen LogP) is 4.44. The summed E-state index contributed by atoms with van der Waals surface area (Å²) in [5.74, 6) is 0.357. The third-order valence-corrected chi connectivity index (χ3v) is 4.78. The number of nitrogens with one attached hydrogen (secondary N) is 2. The Morgan fingerprint density at radius 3 is 2.76 bits per heavy atom. The van der Waals surface area contributed by atoms with Gasteiger partial charge in [0.25, 0.3) is 0 Å². The van der Waals surface area contributed by atoms with Crippen molar-refractivity contribution in [2.24, 2.45) is 4.99 Å². The smallest absolute Gasteiger partial charge is 0.123 e. The third kappa shape index (κ3) is 7.83. The second-order valence-electron chi connectivity index (χ2n) is 6.95. The van der Waals surface area contributed by atoms with E-state index in [1.807, 2.05) is 19.1 Å². The Balaban J connectivity index is 1.62. The Bertz CT molecular complexity index is 778. The minimum absolute atomic E-state index is 0.183. The fourth-order valence-corrected chi connectivity index (χ4v) is 3.04.